The summed E-state index contributed by atoms with van der Waals surface area (Å²) in [4.78, 5) is 1.41. The first-order chi connectivity index (χ1) is 10.3. The van der Waals surface area contributed by atoms with Crippen molar-refractivity contribution in [3.63, 3.8) is 0 Å². The molecule has 2 aliphatic rings. The van der Waals surface area contributed by atoms with E-state index >= 15 is 0 Å². The molecule has 0 fully saturated rings. The fourth-order valence-electron chi connectivity index (χ4n) is 3.28. The highest BCUT2D eigenvalue weighted by molar-refractivity contribution is 7.99. The molecule has 3 heteroatoms. The Morgan fingerprint density at radius 2 is 2.05 bits per heavy atom. The second-order valence-electron chi connectivity index (χ2n) is 5.86. The molecule has 108 valence electrons. The van der Waals surface area contributed by atoms with Crippen LogP contribution in [0.15, 0.2) is 47.4 Å². The Kier molecular flexibility index (Phi) is 3.40. The number of fused-ring (bicyclic) bond motifs is 2. The van der Waals surface area contributed by atoms with Crippen molar-refractivity contribution < 1.29 is 4.74 Å². The highest BCUT2D eigenvalue weighted by Gasteiger charge is 2.24. The molecular formula is C18H19NOS. The summed E-state index contributed by atoms with van der Waals surface area (Å²) < 4.78 is 6.05. The summed E-state index contributed by atoms with van der Waals surface area (Å²) >= 11 is 1.93. The van der Waals surface area contributed by atoms with Crippen molar-refractivity contribution in [2.24, 2.45) is 5.73 Å². The summed E-state index contributed by atoms with van der Waals surface area (Å²) in [6.45, 7) is 0.759. The number of hydrogen-bond acceptors (Lipinski definition) is 3. The van der Waals surface area contributed by atoms with E-state index in [9.17, 15) is 0 Å². The third kappa shape index (κ3) is 2.45. The Balaban J connectivity index is 1.46. The van der Waals surface area contributed by atoms with Crippen molar-refractivity contribution in [3.8, 4) is 5.75 Å². The molecule has 2 atom stereocenters. The summed E-state index contributed by atoms with van der Waals surface area (Å²) in [7, 11) is 0. The highest BCUT2D eigenvalue weighted by atomic mass is 32.2. The topological polar surface area (TPSA) is 35.2 Å². The summed E-state index contributed by atoms with van der Waals surface area (Å²) in [5.41, 5.74) is 10.2. The normalized spacial score (nSPS) is 22.9. The molecule has 0 saturated heterocycles. The average molecular weight is 297 g/mol. The molecule has 4 rings (SSSR count). The molecule has 0 radical (unpaired) electrons. The van der Waals surface area contributed by atoms with Gasteiger partial charge in [0, 0.05) is 22.6 Å². The van der Waals surface area contributed by atoms with Gasteiger partial charge in [0.25, 0.3) is 0 Å². The van der Waals surface area contributed by atoms with Gasteiger partial charge in [0.2, 0.25) is 0 Å². The zero-order valence-electron chi connectivity index (χ0n) is 11.9. The first kappa shape index (κ1) is 13.2. The second-order valence-corrected chi connectivity index (χ2v) is 6.92. The van der Waals surface area contributed by atoms with E-state index in [4.69, 9.17) is 10.5 Å². The standard InChI is InChI=1S/C18H19NOS/c19-17-8-5-12-9-14(6-7-15(12)17)20-10-13-11-21-18-4-2-1-3-16(13)18/h1-4,6-7,9,13,17H,5,8,10-11,19H2. The van der Waals surface area contributed by atoms with Crippen LogP contribution in [0, 0.1) is 0 Å². The quantitative estimate of drug-likeness (QED) is 0.933. The number of hydrogen-bond donors (Lipinski definition) is 1. The van der Waals surface area contributed by atoms with Gasteiger partial charge < -0.3 is 10.5 Å². The highest BCUT2D eigenvalue weighted by Crippen LogP contribution is 2.39. The minimum atomic E-state index is 0.215. The minimum Gasteiger partial charge on any atom is -0.493 e. The van der Waals surface area contributed by atoms with Crippen LogP contribution in [0.25, 0.3) is 0 Å². The summed E-state index contributed by atoms with van der Waals surface area (Å²) in [5.74, 6) is 2.61. The maximum absolute atomic E-state index is 6.08. The van der Waals surface area contributed by atoms with Gasteiger partial charge >= 0.3 is 0 Å². The van der Waals surface area contributed by atoms with Gasteiger partial charge in [0.1, 0.15) is 5.75 Å². The van der Waals surface area contributed by atoms with Gasteiger partial charge in [-0.25, -0.2) is 0 Å². The van der Waals surface area contributed by atoms with Crippen molar-refractivity contribution >= 4 is 11.8 Å². The van der Waals surface area contributed by atoms with Crippen molar-refractivity contribution in [2.75, 3.05) is 12.4 Å². The first-order valence-electron chi connectivity index (χ1n) is 7.54. The van der Waals surface area contributed by atoms with E-state index in [1.165, 1.54) is 21.6 Å². The Bertz CT molecular complexity index is 670. The van der Waals surface area contributed by atoms with Crippen molar-refractivity contribution in [3.05, 3.63) is 59.2 Å². The van der Waals surface area contributed by atoms with E-state index in [2.05, 4.69) is 42.5 Å². The molecule has 21 heavy (non-hydrogen) atoms. The van der Waals surface area contributed by atoms with Crippen molar-refractivity contribution in [1.29, 1.82) is 0 Å². The average Bonchev–Trinajstić information content (AvgIpc) is 3.09. The maximum Gasteiger partial charge on any atom is 0.119 e. The summed E-state index contributed by atoms with van der Waals surface area (Å²) in [6.07, 6.45) is 2.14. The largest absolute Gasteiger partial charge is 0.493 e. The summed E-state index contributed by atoms with van der Waals surface area (Å²) in [6, 6.07) is 15.3. The van der Waals surface area contributed by atoms with Crippen LogP contribution in [0.1, 0.15) is 35.1 Å². The monoisotopic (exact) mass is 297 g/mol. The molecule has 0 amide bonds. The van der Waals surface area contributed by atoms with Gasteiger partial charge in [-0.3, -0.25) is 0 Å². The van der Waals surface area contributed by atoms with E-state index in [0.29, 0.717) is 5.92 Å². The fourth-order valence-corrected chi connectivity index (χ4v) is 4.51. The fraction of sp³-hybridized carbons (Fsp3) is 0.333. The van der Waals surface area contributed by atoms with Crippen LogP contribution in [0.5, 0.6) is 5.75 Å². The third-order valence-electron chi connectivity index (χ3n) is 4.49. The van der Waals surface area contributed by atoms with Crippen molar-refractivity contribution in [2.45, 2.75) is 29.7 Å². The molecule has 2 aromatic rings. The molecule has 0 saturated carbocycles. The van der Waals surface area contributed by atoms with Crippen LogP contribution in [0.4, 0.5) is 0 Å². The Labute approximate surface area is 129 Å². The van der Waals surface area contributed by atoms with Crippen molar-refractivity contribution in [1.82, 2.24) is 0 Å². The molecule has 1 aliphatic heterocycles. The predicted molar refractivity (Wildman–Crippen MR) is 87.1 cm³/mol. The Morgan fingerprint density at radius 1 is 1.14 bits per heavy atom. The van der Waals surface area contributed by atoms with Crippen LogP contribution in [-0.2, 0) is 6.42 Å². The van der Waals surface area contributed by atoms with Gasteiger partial charge in [-0.15, -0.1) is 11.8 Å². The number of rotatable bonds is 3. The SMILES string of the molecule is NC1CCc2cc(OCC3CSc4ccccc43)ccc21. The van der Waals surface area contributed by atoms with Crippen LogP contribution in [0.3, 0.4) is 0 Å². The lowest BCUT2D eigenvalue weighted by Gasteiger charge is -2.14. The number of nitrogens with two attached hydrogens (primary N) is 1. The summed E-state index contributed by atoms with van der Waals surface area (Å²) in [5, 5.41) is 0. The number of aryl methyl sites for hydroxylation is 1. The number of ether oxygens (including phenoxy) is 1. The van der Waals surface area contributed by atoms with E-state index in [0.717, 1.165) is 31.0 Å². The van der Waals surface area contributed by atoms with Gasteiger partial charge in [-0.05, 0) is 47.7 Å². The lowest BCUT2D eigenvalue weighted by molar-refractivity contribution is 0.298. The molecular weight excluding hydrogens is 278 g/mol. The number of benzene rings is 2. The second kappa shape index (κ2) is 5.39. The van der Waals surface area contributed by atoms with E-state index in [1.54, 1.807) is 0 Å². The first-order valence-corrected chi connectivity index (χ1v) is 8.53. The van der Waals surface area contributed by atoms with E-state index < -0.39 is 0 Å². The molecule has 2 nitrogen and oxygen atoms in total. The molecule has 1 aliphatic carbocycles. The Hall–Kier alpha value is -1.45. The molecule has 2 aromatic carbocycles. The zero-order chi connectivity index (χ0) is 14.2. The minimum absolute atomic E-state index is 0.215. The third-order valence-corrected chi connectivity index (χ3v) is 5.74. The van der Waals surface area contributed by atoms with Gasteiger partial charge in [-0.1, -0.05) is 24.3 Å². The van der Waals surface area contributed by atoms with Gasteiger partial charge in [0.05, 0.1) is 6.61 Å². The van der Waals surface area contributed by atoms with Gasteiger partial charge in [-0.2, -0.15) is 0 Å². The Morgan fingerprint density at radius 3 is 3.00 bits per heavy atom. The van der Waals surface area contributed by atoms with E-state index in [-0.39, 0.29) is 6.04 Å². The van der Waals surface area contributed by atoms with Gasteiger partial charge in [0.15, 0.2) is 0 Å². The molecule has 0 aromatic heterocycles. The maximum atomic E-state index is 6.08. The molecule has 2 N–H and O–H groups in total. The van der Waals surface area contributed by atoms with Crippen LogP contribution in [0.2, 0.25) is 0 Å². The smallest absolute Gasteiger partial charge is 0.119 e. The van der Waals surface area contributed by atoms with Crippen LogP contribution in [-0.4, -0.2) is 12.4 Å². The number of thioether (sulfide) groups is 1. The van der Waals surface area contributed by atoms with Crippen LogP contribution >= 0.6 is 11.8 Å². The zero-order valence-corrected chi connectivity index (χ0v) is 12.7. The molecule has 2 unspecified atom stereocenters. The van der Waals surface area contributed by atoms with Crippen LogP contribution < -0.4 is 10.5 Å². The lowest BCUT2D eigenvalue weighted by Crippen LogP contribution is -2.10. The molecule has 0 spiro atoms. The molecule has 1 heterocycles. The lowest BCUT2D eigenvalue weighted by atomic mass is 10.0. The predicted octanol–water partition coefficient (Wildman–Crippen LogP) is 3.90. The molecule has 0 bridgehead atoms. The van der Waals surface area contributed by atoms with E-state index in [1.807, 2.05) is 11.8 Å².